The molecule has 0 saturated heterocycles. The molecule has 6 nitrogen and oxygen atoms in total. The zero-order valence-corrected chi connectivity index (χ0v) is 18.4. The molecule has 0 amide bonds. The monoisotopic (exact) mass is 452 g/mol. The van der Waals surface area contributed by atoms with Crippen molar-refractivity contribution in [2.24, 2.45) is 0 Å². The molecule has 4 rings (SSSR count). The van der Waals surface area contributed by atoms with E-state index in [9.17, 15) is 17.6 Å². The van der Waals surface area contributed by atoms with Crippen LogP contribution in [0.4, 0.5) is 4.39 Å². The number of carbonyl (C=O) groups excluding carboxylic acids is 1. The summed E-state index contributed by atoms with van der Waals surface area (Å²) in [5, 5.41) is 0.737. The van der Waals surface area contributed by atoms with Gasteiger partial charge in [0.1, 0.15) is 5.82 Å². The lowest BCUT2D eigenvalue weighted by molar-refractivity contribution is 0.0526. The predicted molar refractivity (Wildman–Crippen MR) is 120 cm³/mol. The van der Waals surface area contributed by atoms with E-state index in [1.54, 1.807) is 49.4 Å². The second-order valence-electron chi connectivity index (χ2n) is 7.39. The van der Waals surface area contributed by atoms with Gasteiger partial charge in [-0.15, -0.1) is 0 Å². The van der Waals surface area contributed by atoms with Crippen molar-refractivity contribution in [3.8, 4) is 11.4 Å². The highest BCUT2D eigenvalue weighted by molar-refractivity contribution is 7.90. The van der Waals surface area contributed by atoms with Crippen molar-refractivity contribution in [1.29, 1.82) is 0 Å². The van der Waals surface area contributed by atoms with Gasteiger partial charge in [-0.2, -0.15) is 0 Å². The highest BCUT2D eigenvalue weighted by Gasteiger charge is 2.16. The molecule has 2 heterocycles. The van der Waals surface area contributed by atoms with Crippen molar-refractivity contribution >= 4 is 26.7 Å². The second kappa shape index (κ2) is 8.55. The third-order valence-corrected chi connectivity index (χ3v) is 6.20. The minimum atomic E-state index is -3.36. The molecule has 0 fully saturated rings. The van der Waals surface area contributed by atoms with Crippen LogP contribution in [0.5, 0.6) is 0 Å². The Morgan fingerprint density at radius 3 is 2.44 bits per heavy atom. The number of hydrogen-bond acceptors (Lipinski definition) is 5. The van der Waals surface area contributed by atoms with E-state index in [1.807, 2.05) is 10.6 Å². The number of esters is 1. The van der Waals surface area contributed by atoms with E-state index in [4.69, 9.17) is 4.74 Å². The summed E-state index contributed by atoms with van der Waals surface area (Å²) in [6.07, 6.45) is 2.62. The molecule has 32 heavy (non-hydrogen) atoms. The molecular weight excluding hydrogens is 431 g/mol. The Kier molecular flexibility index (Phi) is 5.80. The molecule has 0 N–H and O–H groups in total. The van der Waals surface area contributed by atoms with Crippen molar-refractivity contribution < 1.29 is 22.3 Å². The maximum absolute atomic E-state index is 13.4. The van der Waals surface area contributed by atoms with E-state index in [-0.39, 0.29) is 17.3 Å². The molecule has 4 aromatic rings. The average molecular weight is 453 g/mol. The molecule has 0 spiro atoms. The van der Waals surface area contributed by atoms with Gasteiger partial charge in [0.05, 0.1) is 28.5 Å². The van der Waals surface area contributed by atoms with Crippen LogP contribution in [0.3, 0.4) is 0 Å². The van der Waals surface area contributed by atoms with Crippen LogP contribution in [0.2, 0.25) is 0 Å². The van der Waals surface area contributed by atoms with Crippen LogP contribution < -0.4 is 0 Å². The lowest BCUT2D eigenvalue weighted by Gasteiger charge is -2.11. The van der Waals surface area contributed by atoms with Gasteiger partial charge >= 0.3 is 5.97 Å². The molecule has 0 unspecified atom stereocenters. The molecule has 0 aliphatic rings. The number of aromatic nitrogens is 2. The first-order chi connectivity index (χ1) is 15.3. The minimum absolute atomic E-state index is 0.223. The highest BCUT2D eigenvalue weighted by Crippen LogP contribution is 2.30. The number of carbonyl (C=O) groups is 1. The average Bonchev–Trinajstić information content (AvgIpc) is 3.12. The van der Waals surface area contributed by atoms with Crippen LogP contribution in [-0.4, -0.2) is 36.8 Å². The van der Waals surface area contributed by atoms with Gasteiger partial charge in [0.15, 0.2) is 9.84 Å². The number of fused-ring (bicyclic) bond motifs is 1. The molecule has 0 aliphatic heterocycles. The van der Waals surface area contributed by atoms with Crippen LogP contribution in [0, 0.1) is 5.82 Å². The first-order valence-electron chi connectivity index (χ1n) is 9.97. The summed E-state index contributed by atoms with van der Waals surface area (Å²) < 4.78 is 44.4. The molecule has 2 aromatic heterocycles. The van der Waals surface area contributed by atoms with E-state index in [1.165, 1.54) is 24.6 Å². The summed E-state index contributed by atoms with van der Waals surface area (Å²) >= 11 is 0. The molecule has 0 aliphatic carbocycles. The maximum atomic E-state index is 13.4. The number of hydrogen-bond donors (Lipinski definition) is 0. The largest absolute Gasteiger partial charge is 0.462 e. The van der Waals surface area contributed by atoms with E-state index >= 15 is 0 Å². The Balaban J connectivity index is 1.84. The Labute approximate surface area is 185 Å². The normalized spacial score (nSPS) is 11.6. The van der Waals surface area contributed by atoms with E-state index < -0.39 is 15.8 Å². The standard InChI is InChI=1S/C24H21FN2O4S/c1-3-31-24(28)17-6-10-21(26-14-17)23-13-18-12-20(32(2,29)30)9-11-22(18)27(23)15-16-4-7-19(25)8-5-16/h4-14H,3,15H2,1-2H3. The minimum Gasteiger partial charge on any atom is -0.462 e. The zero-order valence-electron chi connectivity index (χ0n) is 17.6. The van der Waals surface area contributed by atoms with Crippen molar-refractivity contribution in [3.05, 3.63) is 83.8 Å². The van der Waals surface area contributed by atoms with Gasteiger partial charge in [0.25, 0.3) is 0 Å². The third kappa shape index (κ3) is 4.40. The number of ether oxygens (including phenoxy) is 1. The molecule has 164 valence electrons. The highest BCUT2D eigenvalue weighted by atomic mass is 32.2. The third-order valence-electron chi connectivity index (χ3n) is 5.09. The van der Waals surface area contributed by atoms with Crippen LogP contribution in [0.25, 0.3) is 22.3 Å². The van der Waals surface area contributed by atoms with Gasteiger partial charge in [-0.25, -0.2) is 17.6 Å². The van der Waals surface area contributed by atoms with Crippen molar-refractivity contribution in [2.45, 2.75) is 18.4 Å². The summed E-state index contributed by atoms with van der Waals surface area (Å²) in [7, 11) is -3.36. The number of nitrogens with zero attached hydrogens (tertiary/aromatic N) is 2. The van der Waals surface area contributed by atoms with Crippen LogP contribution >= 0.6 is 0 Å². The maximum Gasteiger partial charge on any atom is 0.339 e. The Bertz CT molecular complexity index is 1390. The van der Waals surface area contributed by atoms with Gasteiger partial charge in [-0.3, -0.25) is 4.98 Å². The summed E-state index contributed by atoms with van der Waals surface area (Å²) in [4.78, 5) is 16.6. The van der Waals surface area contributed by atoms with Crippen molar-refractivity contribution in [2.75, 3.05) is 12.9 Å². The zero-order chi connectivity index (χ0) is 22.9. The lowest BCUT2D eigenvalue weighted by atomic mass is 10.2. The summed E-state index contributed by atoms with van der Waals surface area (Å²) in [5.41, 5.74) is 3.38. The molecule has 8 heteroatoms. The number of rotatable bonds is 6. The Morgan fingerprint density at radius 2 is 1.81 bits per heavy atom. The van der Waals surface area contributed by atoms with Gasteiger partial charge in [0.2, 0.25) is 0 Å². The van der Waals surface area contributed by atoms with Crippen LogP contribution in [-0.2, 0) is 21.1 Å². The summed E-state index contributed by atoms with van der Waals surface area (Å²) in [6.45, 7) is 2.44. The SMILES string of the molecule is CCOC(=O)c1ccc(-c2cc3cc(S(C)(=O)=O)ccc3n2Cc2ccc(F)cc2)nc1. The smallest absolute Gasteiger partial charge is 0.339 e. The number of pyridine rings is 1. The Hall–Kier alpha value is -3.52. The van der Waals surface area contributed by atoms with Crippen molar-refractivity contribution in [3.63, 3.8) is 0 Å². The Morgan fingerprint density at radius 1 is 1.06 bits per heavy atom. The van der Waals surface area contributed by atoms with Crippen LogP contribution in [0.1, 0.15) is 22.8 Å². The lowest BCUT2D eigenvalue weighted by Crippen LogP contribution is -2.06. The molecule has 0 bridgehead atoms. The van der Waals surface area contributed by atoms with Gasteiger partial charge in [-0.1, -0.05) is 12.1 Å². The number of benzene rings is 2. The summed E-state index contributed by atoms with van der Waals surface area (Å²) in [5.74, 6) is -0.767. The number of sulfone groups is 1. The fourth-order valence-electron chi connectivity index (χ4n) is 3.52. The quantitative estimate of drug-likeness (QED) is 0.403. The van der Waals surface area contributed by atoms with E-state index in [0.717, 1.165) is 22.2 Å². The van der Waals surface area contributed by atoms with E-state index in [2.05, 4.69) is 4.98 Å². The molecule has 2 aromatic carbocycles. The molecule has 0 atom stereocenters. The molecule has 0 saturated carbocycles. The summed E-state index contributed by atoms with van der Waals surface area (Å²) in [6, 6.07) is 16.4. The van der Waals surface area contributed by atoms with E-state index in [0.29, 0.717) is 17.8 Å². The predicted octanol–water partition coefficient (Wildman–Crippen LogP) is 4.47. The molecule has 0 radical (unpaired) electrons. The fraction of sp³-hybridized carbons (Fsp3) is 0.167. The van der Waals surface area contributed by atoms with Gasteiger partial charge in [0, 0.05) is 29.9 Å². The second-order valence-corrected chi connectivity index (χ2v) is 9.40. The van der Waals surface area contributed by atoms with Gasteiger partial charge < -0.3 is 9.30 Å². The molecular formula is C24H21FN2O4S. The fourth-order valence-corrected chi connectivity index (χ4v) is 4.17. The topological polar surface area (TPSA) is 78.3 Å². The van der Waals surface area contributed by atoms with Crippen LogP contribution in [0.15, 0.2) is 71.8 Å². The first-order valence-corrected chi connectivity index (χ1v) is 11.9. The van der Waals surface area contributed by atoms with Gasteiger partial charge in [-0.05, 0) is 61.0 Å². The first kappa shape index (κ1) is 21.7. The van der Waals surface area contributed by atoms with Crippen molar-refractivity contribution in [1.82, 2.24) is 9.55 Å². The number of halogens is 1.